The van der Waals surface area contributed by atoms with Crippen molar-refractivity contribution in [3.63, 3.8) is 0 Å². The van der Waals surface area contributed by atoms with Crippen molar-refractivity contribution in [1.29, 1.82) is 0 Å². The van der Waals surface area contributed by atoms with Crippen molar-refractivity contribution in [2.75, 3.05) is 19.6 Å². The molecule has 1 aliphatic heterocycles. The summed E-state index contributed by atoms with van der Waals surface area (Å²) in [5.74, 6) is 2.35. The molecule has 0 saturated carbocycles. The van der Waals surface area contributed by atoms with Crippen LogP contribution in [-0.2, 0) is 6.54 Å². The zero-order valence-electron chi connectivity index (χ0n) is 12.1. The van der Waals surface area contributed by atoms with Crippen LogP contribution in [0.5, 0.6) is 11.5 Å². The van der Waals surface area contributed by atoms with Gasteiger partial charge in [0, 0.05) is 31.2 Å². The van der Waals surface area contributed by atoms with E-state index in [2.05, 4.69) is 38.7 Å². The van der Waals surface area contributed by atoms with Gasteiger partial charge in [-0.15, -0.1) is 0 Å². The van der Waals surface area contributed by atoms with Crippen molar-refractivity contribution in [2.45, 2.75) is 6.54 Å². The molecule has 2 aromatic rings. The number of benzene rings is 2. The van der Waals surface area contributed by atoms with Crippen molar-refractivity contribution in [3.05, 3.63) is 57.5 Å². The van der Waals surface area contributed by atoms with Crippen molar-refractivity contribution < 1.29 is 4.74 Å². The lowest BCUT2D eigenvalue weighted by Gasteiger charge is -2.27. The molecule has 0 aromatic heterocycles. The monoisotopic (exact) mass is 380 g/mol. The van der Waals surface area contributed by atoms with E-state index in [0.29, 0.717) is 5.02 Å². The lowest BCUT2D eigenvalue weighted by Crippen LogP contribution is -2.47. The zero-order chi connectivity index (χ0) is 15.4. The molecular weight excluding hydrogens is 364 g/mol. The number of rotatable bonds is 6. The van der Waals surface area contributed by atoms with Crippen LogP contribution in [-0.4, -0.2) is 19.6 Å². The predicted molar refractivity (Wildman–Crippen MR) is 93.7 cm³/mol. The minimum Gasteiger partial charge on any atom is -0.456 e. The minimum atomic E-state index is 0.683. The van der Waals surface area contributed by atoms with Gasteiger partial charge in [-0.3, -0.25) is 0 Å². The molecule has 0 unspecified atom stereocenters. The predicted octanol–water partition coefficient (Wildman–Crippen LogP) is 4.20. The number of hydrogen-bond acceptors (Lipinski definition) is 3. The second-order valence-electron chi connectivity index (χ2n) is 5.48. The highest BCUT2D eigenvalue weighted by Crippen LogP contribution is 2.31. The zero-order valence-corrected chi connectivity index (χ0v) is 14.5. The highest BCUT2D eigenvalue weighted by atomic mass is 79.9. The largest absolute Gasteiger partial charge is 0.456 e. The van der Waals surface area contributed by atoms with Crippen molar-refractivity contribution >= 4 is 27.5 Å². The molecule has 3 rings (SSSR count). The highest BCUT2D eigenvalue weighted by Gasteiger charge is 2.15. The Hall–Kier alpha value is -1.07. The van der Waals surface area contributed by atoms with E-state index < -0.39 is 0 Å². The maximum absolute atomic E-state index is 5.93. The molecule has 0 bridgehead atoms. The van der Waals surface area contributed by atoms with Crippen LogP contribution >= 0.6 is 27.5 Å². The lowest BCUT2D eigenvalue weighted by atomic mass is 10.0. The molecule has 0 aliphatic carbocycles. The maximum atomic E-state index is 5.93. The summed E-state index contributed by atoms with van der Waals surface area (Å²) < 4.78 is 6.70. The van der Waals surface area contributed by atoms with Crippen LogP contribution in [0.1, 0.15) is 5.56 Å². The fraction of sp³-hybridized carbons (Fsp3) is 0.294. The lowest BCUT2D eigenvalue weighted by molar-refractivity contribution is 0.331. The standard InChI is InChI=1S/C17H18BrClN2O/c18-16-7-14(19)3-6-17(16)22-15-4-1-12(2-5-15)8-20-9-13-10-21-11-13/h1-7,13,20-21H,8-11H2. The van der Waals surface area contributed by atoms with E-state index in [1.807, 2.05) is 30.3 Å². The Kier molecular flexibility index (Phi) is 5.37. The van der Waals surface area contributed by atoms with Gasteiger partial charge >= 0.3 is 0 Å². The fourth-order valence-electron chi connectivity index (χ4n) is 2.27. The minimum absolute atomic E-state index is 0.683. The summed E-state index contributed by atoms with van der Waals surface area (Å²) in [5, 5.41) is 7.45. The molecule has 0 spiro atoms. The van der Waals surface area contributed by atoms with Crippen molar-refractivity contribution in [1.82, 2.24) is 10.6 Å². The van der Waals surface area contributed by atoms with Crippen LogP contribution in [0.3, 0.4) is 0 Å². The Balaban J connectivity index is 1.54. The van der Waals surface area contributed by atoms with Gasteiger partial charge in [0.15, 0.2) is 0 Å². The second-order valence-corrected chi connectivity index (χ2v) is 6.77. The summed E-state index contributed by atoms with van der Waals surface area (Å²) >= 11 is 9.38. The van der Waals surface area contributed by atoms with Gasteiger partial charge in [-0.05, 0) is 57.7 Å². The Morgan fingerprint density at radius 2 is 1.95 bits per heavy atom. The molecule has 1 aliphatic rings. The van der Waals surface area contributed by atoms with Gasteiger partial charge in [0.05, 0.1) is 4.47 Å². The van der Waals surface area contributed by atoms with Crippen LogP contribution in [0.2, 0.25) is 5.02 Å². The molecule has 1 heterocycles. The average molecular weight is 382 g/mol. The number of halogens is 2. The van der Waals surface area contributed by atoms with Gasteiger partial charge < -0.3 is 15.4 Å². The first kappa shape index (κ1) is 15.8. The van der Waals surface area contributed by atoms with Crippen LogP contribution in [0.15, 0.2) is 46.9 Å². The van der Waals surface area contributed by atoms with E-state index in [-0.39, 0.29) is 0 Å². The molecular formula is C17H18BrClN2O. The maximum Gasteiger partial charge on any atom is 0.141 e. The molecule has 2 N–H and O–H groups in total. The van der Waals surface area contributed by atoms with E-state index in [4.69, 9.17) is 16.3 Å². The molecule has 0 amide bonds. The number of ether oxygens (including phenoxy) is 1. The van der Waals surface area contributed by atoms with Crippen molar-refractivity contribution in [2.24, 2.45) is 5.92 Å². The summed E-state index contributed by atoms with van der Waals surface area (Å²) in [7, 11) is 0. The van der Waals surface area contributed by atoms with Gasteiger partial charge in [-0.1, -0.05) is 23.7 Å². The fourth-order valence-corrected chi connectivity index (χ4v) is 3.04. The summed E-state index contributed by atoms with van der Waals surface area (Å²) in [6.45, 7) is 4.23. The third kappa shape index (κ3) is 4.23. The molecule has 1 fully saturated rings. The van der Waals surface area contributed by atoms with Crippen molar-refractivity contribution in [3.8, 4) is 11.5 Å². The SMILES string of the molecule is Clc1ccc(Oc2ccc(CNCC3CNC3)cc2)c(Br)c1. The molecule has 1 saturated heterocycles. The van der Waals surface area contributed by atoms with E-state index in [1.165, 1.54) is 5.56 Å². The third-order valence-electron chi connectivity index (χ3n) is 3.67. The molecule has 0 radical (unpaired) electrons. The summed E-state index contributed by atoms with van der Waals surface area (Å²) in [5.41, 5.74) is 1.26. The van der Waals surface area contributed by atoms with E-state index in [1.54, 1.807) is 0 Å². The summed E-state index contributed by atoms with van der Waals surface area (Å²) in [6, 6.07) is 13.6. The van der Waals surface area contributed by atoms with Crippen LogP contribution in [0.4, 0.5) is 0 Å². The first-order valence-corrected chi connectivity index (χ1v) is 8.51. The second kappa shape index (κ2) is 7.47. The average Bonchev–Trinajstić information content (AvgIpc) is 2.46. The van der Waals surface area contributed by atoms with E-state index in [9.17, 15) is 0 Å². The van der Waals surface area contributed by atoms with Crippen LogP contribution in [0, 0.1) is 5.92 Å². The number of nitrogens with one attached hydrogen (secondary N) is 2. The van der Waals surface area contributed by atoms with Gasteiger partial charge in [-0.25, -0.2) is 0 Å². The topological polar surface area (TPSA) is 33.3 Å². The first-order chi connectivity index (χ1) is 10.7. The Morgan fingerprint density at radius 3 is 2.59 bits per heavy atom. The van der Waals surface area contributed by atoms with Gasteiger partial charge in [0.1, 0.15) is 11.5 Å². The van der Waals surface area contributed by atoms with Gasteiger partial charge in [-0.2, -0.15) is 0 Å². The van der Waals surface area contributed by atoms with E-state index in [0.717, 1.165) is 48.1 Å². The van der Waals surface area contributed by atoms with Crippen LogP contribution in [0.25, 0.3) is 0 Å². The third-order valence-corrected chi connectivity index (χ3v) is 4.53. The van der Waals surface area contributed by atoms with E-state index >= 15 is 0 Å². The Labute approximate surface area is 144 Å². The quantitative estimate of drug-likeness (QED) is 0.786. The first-order valence-electron chi connectivity index (χ1n) is 7.34. The van der Waals surface area contributed by atoms with Gasteiger partial charge in [0.25, 0.3) is 0 Å². The summed E-state index contributed by atoms with van der Waals surface area (Å²) in [6.07, 6.45) is 0. The Morgan fingerprint density at radius 1 is 1.18 bits per heavy atom. The summed E-state index contributed by atoms with van der Waals surface area (Å²) in [4.78, 5) is 0. The highest BCUT2D eigenvalue weighted by molar-refractivity contribution is 9.10. The normalized spacial score (nSPS) is 14.6. The van der Waals surface area contributed by atoms with Gasteiger partial charge in [0.2, 0.25) is 0 Å². The molecule has 2 aromatic carbocycles. The van der Waals surface area contributed by atoms with Crippen LogP contribution < -0.4 is 15.4 Å². The molecule has 5 heteroatoms. The molecule has 22 heavy (non-hydrogen) atoms. The molecule has 116 valence electrons. The molecule has 0 atom stereocenters. The Bertz CT molecular complexity index is 629. The molecule has 3 nitrogen and oxygen atoms in total. The number of hydrogen-bond donors (Lipinski definition) is 2. The smallest absolute Gasteiger partial charge is 0.141 e.